The topological polar surface area (TPSA) is 61.9 Å². The van der Waals surface area contributed by atoms with Crippen LogP contribution in [0.4, 0.5) is 0 Å². The highest BCUT2D eigenvalue weighted by Gasteiger charge is 2.04. The van der Waals surface area contributed by atoms with Crippen LogP contribution in [0.25, 0.3) is 0 Å². The molecule has 1 heterocycles. The van der Waals surface area contributed by atoms with Gasteiger partial charge in [0.15, 0.2) is 6.39 Å². The van der Waals surface area contributed by atoms with Gasteiger partial charge in [-0.15, -0.1) is 0 Å². The van der Waals surface area contributed by atoms with Gasteiger partial charge in [0.1, 0.15) is 5.76 Å². The Hall–Kier alpha value is -1.34. The molecule has 12 heavy (non-hydrogen) atoms. The van der Waals surface area contributed by atoms with Crippen molar-refractivity contribution < 1.29 is 4.42 Å². The third kappa shape index (κ3) is 2.07. The van der Waals surface area contributed by atoms with Gasteiger partial charge in [0.05, 0.1) is 17.8 Å². The normalized spacial score (nSPS) is 12.4. The minimum Gasteiger partial charge on any atom is -0.448 e. The third-order valence-electron chi connectivity index (χ3n) is 1.61. The van der Waals surface area contributed by atoms with Crippen molar-refractivity contribution in [1.29, 1.82) is 5.26 Å². The summed E-state index contributed by atoms with van der Waals surface area (Å²) in [5, 5.41) is 11.5. The Morgan fingerprint density at radius 3 is 3.08 bits per heavy atom. The summed E-state index contributed by atoms with van der Waals surface area (Å²) in [4.78, 5) is 3.98. The lowest BCUT2D eigenvalue weighted by atomic mass is 10.3. The smallest absolute Gasteiger partial charge is 0.181 e. The fraction of sp³-hybridized carbons (Fsp3) is 0.500. The van der Waals surface area contributed by atoms with Crippen LogP contribution in [0.15, 0.2) is 10.8 Å². The molecule has 1 aromatic rings. The van der Waals surface area contributed by atoms with E-state index in [1.807, 2.05) is 6.92 Å². The first-order valence-electron chi connectivity index (χ1n) is 3.76. The average molecular weight is 165 g/mol. The molecule has 1 unspecified atom stereocenters. The molecule has 4 heteroatoms. The molecule has 0 aliphatic heterocycles. The molecule has 0 fully saturated rings. The van der Waals surface area contributed by atoms with E-state index in [9.17, 15) is 0 Å². The minimum atomic E-state index is -0.152. The van der Waals surface area contributed by atoms with E-state index in [-0.39, 0.29) is 6.04 Å². The van der Waals surface area contributed by atoms with Gasteiger partial charge in [-0.2, -0.15) is 5.26 Å². The second-order valence-corrected chi connectivity index (χ2v) is 2.59. The summed E-state index contributed by atoms with van der Waals surface area (Å²) in [5.74, 6) is 0.799. The molecule has 1 rings (SSSR count). The van der Waals surface area contributed by atoms with Crippen molar-refractivity contribution in [1.82, 2.24) is 10.3 Å². The van der Waals surface area contributed by atoms with Gasteiger partial charge in [-0.3, -0.25) is 5.32 Å². The van der Waals surface area contributed by atoms with E-state index in [1.165, 1.54) is 6.39 Å². The van der Waals surface area contributed by atoms with Gasteiger partial charge in [0, 0.05) is 6.54 Å². The molecule has 0 amide bonds. The van der Waals surface area contributed by atoms with Crippen molar-refractivity contribution in [2.45, 2.75) is 26.4 Å². The van der Waals surface area contributed by atoms with E-state index in [1.54, 1.807) is 6.92 Å². The lowest BCUT2D eigenvalue weighted by molar-refractivity contribution is 0.521. The molecule has 0 aliphatic carbocycles. The lowest BCUT2D eigenvalue weighted by Gasteiger charge is -2.02. The summed E-state index contributed by atoms with van der Waals surface area (Å²) in [5.41, 5.74) is 0.858. The molecule has 64 valence electrons. The Bertz CT molecular complexity index is 287. The Kier molecular flexibility index (Phi) is 2.83. The second-order valence-electron chi connectivity index (χ2n) is 2.59. The molecule has 0 aromatic carbocycles. The van der Waals surface area contributed by atoms with Crippen LogP contribution in [0.2, 0.25) is 0 Å². The molecule has 0 spiro atoms. The van der Waals surface area contributed by atoms with Crippen LogP contribution in [0, 0.1) is 18.3 Å². The Labute approximate surface area is 71.2 Å². The van der Waals surface area contributed by atoms with Crippen molar-refractivity contribution >= 4 is 0 Å². The first-order valence-corrected chi connectivity index (χ1v) is 3.76. The zero-order chi connectivity index (χ0) is 8.97. The monoisotopic (exact) mass is 165 g/mol. The highest BCUT2D eigenvalue weighted by Crippen LogP contribution is 2.03. The molecular formula is C8H11N3O. The molecule has 0 saturated carbocycles. The predicted octanol–water partition coefficient (Wildman–Crippen LogP) is 0.985. The van der Waals surface area contributed by atoms with Crippen molar-refractivity contribution in [2.75, 3.05) is 0 Å². The van der Waals surface area contributed by atoms with Gasteiger partial charge in [0.2, 0.25) is 0 Å². The second kappa shape index (κ2) is 3.88. The standard InChI is InChI=1S/C8H11N3O/c1-6(3-9)10-4-8-7(2)12-5-11-8/h5-6,10H,4H2,1-2H3. The SMILES string of the molecule is Cc1ocnc1CNC(C)C#N. The van der Waals surface area contributed by atoms with Crippen LogP contribution in [-0.2, 0) is 6.54 Å². The third-order valence-corrected chi connectivity index (χ3v) is 1.61. The van der Waals surface area contributed by atoms with Gasteiger partial charge in [0.25, 0.3) is 0 Å². The Morgan fingerprint density at radius 1 is 1.83 bits per heavy atom. The van der Waals surface area contributed by atoms with E-state index >= 15 is 0 Å². The van der Waals surface area contributed by atoms with Crippen molar-refractivity contribution in [2.24, 2.45) is 0 Å². The molecule has 0 bridgehead atoms. The van der Waals surface area contributed by atoms with E-state index < -0.39 is 0 Å². The van der Waals surface area contributed by atoms with E-state index in [4.69, 9.17) is 9.68 Å². The number of hydrogen-bond acceptors (Lipinski definition) is 4. The molecular weight excluding hydrogens is 154 g/mol. The fourth-order valence-electron chi connectivity index (χ4n) is 0.793. The van der Waals surface area contributed by atoms with Gasteiger partial charge in [-0.25, -0.2) is 4.98 Å². The fourth-order valence-corrected chi connectivity index (χ4v) is 0.793. The van der Waals surface area contributed by atoms with Gasteiger partial charge < -0.3 is 4.42 Å². The van der Waals surface area contributed by atoms with Crippen molar-refractivity contribution in [3.63, 3.8) is 0 Å². The molecule has 0 saturated heterocycles. The first-order chi connectivity index (χ1) is 5.74. The number of rotatable bonds is 3. The van der Waals surface area contributed by atoms with Crippen LogP contribution in [-0.4, -0.2) is 11.0 Å². The Morgan fingerprint density at radius 2 is 2.58 bits per heavy atom. The van der Waals surface area contributed by atoms with Crippen molar-refractivity contribution in [3.05, 3.63) is 17.8 Å². The Balaban J connectivity index is 2.44. The quantitative estimate of drug-likeness (QED) is 0.725. The average Bonchev–Trinajstić information content (AvgIpc) is 2.47. The van der Waals surface area contributed by atoms with E-state index in [0.29, 0.717) is 6.54 Å². The van der Waals surface area contributed by atoms with Crippen LogP contribution in [0.1, 0.15) is 18.4 Å². The van der Waals surface area contributed by atoms with Crippen LogP contribution in [0.5, 0.6) is 0 Å². The lowest BCUT2D eigenvalue weighted by Crippen LogP contribution is -2.23. The molecule has 1 N–H and O–H groups in total. The summed E-state index contributed by atoms with van der Waals surface area (Å²) in [7, 11) is 0. The number of nitrogens with one attached hydrogen (secondary N) is 1. The summed E-state index contributed by atoms with van der Waals surface area (Å²) < 4.78 is 5.00. The number of hydrogen-bond donors (Lipinski definition) is 1. The van der Waals surface area contributed by atoms with Gasteiger partial charge in [-0.1, -0.05) is 0 Å². The highest BCUT2D eigenvalue weighted by atomic mass is 16.3. The highest BCUT2D eigenvalue weighted by molar-refractivity contribution is 5.04. The van der Waals surface area contributed by atoms with E-state index in [0.717, 1.165) is 11.5 Å². The number of oxazole rings is 1. The number of aromatic nitrogens is 1. The summed E-state index contributed by atoms with van der Waals surface area (Å²) in [6, 6.07) is 1.93. The maximum atomic E-state index is 8.48. The van der Waals surface area contributed by atoms with Gasteiger partial charge in [-0.05, 0) is 13.8 Å². The van der Waals surface area contributed by atoms with Crippen molar-refractivity contribution in [3.8, 4) is 6.07 Å². The molecule has 0 aliphatic rings. The molecule has 0 radical (unpaired) electrons. The molecule has 4 nitrogen and oxygen atoms in total. The summed E-state index contributed by atoms with van der Waals surface area (Å²) >= 11 is 0. The van der Waals surface area contributed by atoms with Crippen LogP contribution in [0.3, 0.4) is 0 Å². The number of nitriles is 1. The zero-order valence-corrected chi connectivity index (χ0v) is 7.16. The van der Waals surface area contributed by atoms with Gasteiger partial charge >= 0.3 is 0 Å². The van der Waals surface area contributed by atoms with E-state index in [2.05, 4.69) is 16.4 Å². The number of nitrogens with zero attached hydrogens (tertiary/aromatic N) is 2. The summed E-state index contributed by atoms with van der Waals surface area (Å²) in [6.07, 6.45) is 1.41. The predicted molar refractivity (Wildman–Crippen MR) is 43.2 cm³/mol. The largest absolute Gasteiger partial charge is 0.448 e. The number of aryl methyl sites for hydroxylation is 1. The maximum Gasteiger partial charge on any atom is 0.181 e. The van der Waals surface area contributed by atoms with Crippen LogP contribution >= 0.6 is 0 Å². The maximum absolute atomic E-state index is 8.48. The first kappa shape index (κ1) is 8.75. The zero-order valence-electron chi connectivity index (χ0n) is 7.16. The molecule has 1 atom stereocenters. The van der Waals surface area contributed by atoms with Crippen LogP contribution < -0.4 is 5.32 Å². The summed E-state index contributed by atoms with van der Waals surface area (Å²) in [6.45, 7) is 4.23. The molecule has 1 aromatic heterocycles. The minimum absolute atomic E-state index is 0.152.